The largest absolute Gasteiger partial charge is 0.340 e. The zero-order chi connectivity index (χ0) is 10.9. The third-order valence-corrected chi connectivity index (χ3v) is 2.40. The van der Waals surface area contributed by atoms with Crippen LogP contribution in [0.15, 0.2) is 0 Å². The van der Waals surface area contributed by atoms with Crippen LogP contribution in [0.4, 0.5) is 4.39 Å². The van der Waals surface area contributed by atoms with E-state index in [1.165, 1.54) is 4.90 Å². The molecule has 1 saturated heterocycles. The molecule has 1 aliphatic heterocycles. The van der Waals surface area contributed by atoms with Gasteiger partial charge in [0.15, 0.2) is 0 Å². The van der Waals surface area contributed by atoms with E-state index in [1.54, 1.807) is 20.8 Å². The Bertz CT molecular complexity index is 266. The average molecular weight is 202 g/mol. The molecule has 5 heteroatoms. The smallest absolute Gasteiger partial charge is 0.248 e. The van der Waals surface area contributed by atoms with Gasteiger partial charge in [0.2, 0.25) is 11.8 Å². The maximum absolute atomic E-state index is 12.2. The minimum absolute atomic E-state index is 0.0170. The summed E-state index contributed by atoms with van der Waals surface area (Å²) < 4.78 is 12.2. The Labute approximate surface area is 82.5 Å². The molecule has 1 unspecified atom stereocenters. The van der Waals surface area contributed by atoms with Gasteiger partial charge in [-0.2, -0.15) is 0 Å². The number of amides is 2. The van der Waals surface area contributed by atoms with E-state index in [4.69, 9.17) is 0 Å². The van der Waals surface area contributed by atoms with E-state index in [9.17, 15) is 14.0 Å². The molecule has 1 atom stereocenters. The standard InChI is InChI=1S/C9H15FN2O2/c1-6-7(13)11-9(2,3)8(14)12(6)5-4-10/h6H,4-5H2,1-3H3,(H,11,13). The molecule has 14 heavy (non-hydrogen) atoms. The van der Waals surface area contributed by atoms with E-state index >= 15 is 0 Å². The Morgan fingerprint density at radius 1 is 1.50 bits per heavy atom. The normalized spacial score (nSPS) is 26.3. The molecule has 80 valence electrons. The first kappa shape index (κ1) is 10.9. The number of piperazine rings is 1. The number of hydrogen-bond acceptors (Lipinski definition) is 2. The zero-order valence-corrected chi connectivity index (χ0v) is 8.63. The first-order chi connectivity index (χ1) is 6.40. The molecule has 0 aromatic rings. The van der Waals surface area contributed by atoms with Crippen molar-refractivity contribution in [1.29, 1.82) is 0 Å². The van der Waals surface area contributed by atoms with Crippen LogP contribution in [0.1, 0.15) is 20.8 Å². The lowest BCUT2D eigenvalue weighted by Crippen LogP contribution is -2.67. The van der Waals surface area contributed by atoms with Crippen molar-refractivity contribution in [3.05, 3.63) is 0 Å². The van der Waals surface area contributed by atoms with Gasteiger partial charge in [0.1, 0.15) is 18.3 Å². The highest BCUT2D eigenvalue weighted by Crippen LogP contribution is 2.17. The van der Waals surface area contributed by atoms with Crippen LogP contribution < -0.4 is 5.32 Å². The number of rotatable bonds is 2. The first-order valence-corrected chi connectivity index (χ1v) is 4.59. The monoisotopic (exact) mass is 202 g/mol. The average Bonchev–Trinajstić information content (AvgIpc) is 2.09. The third-order valence-electron chi connectivity index (χ3n) is 2.40. The second-order valence-corrected chi connectivity index (χ2v) is 3.98. The molecule has 1 fully saturated rings. The molecular formula is C9H15FN2O2. The topological polar surface area (TPSA) is 49.4 Å². The number of alkyl halides is 1. The van der Waals surface area contributed by atoms with Gasteiger partial charge in [0.05, 0.1) is 0 Å². The van der Waals surface area contributed by atoms with E-state index < -0.39 is 18.3 Å². The molecule has 4 nitrogen and oxygen atoms in total. The van der Waals surface area contributed by atoms with Gasteiger partial charge in [-0.3, -0.25) is 9.59 Å². The van der Waals surface area contributed by atoms with Gasteiger partial charge in [0, 0.05) is 6.54 Å². The van der Waals surface area contributed by atoms with Crippen molar-refractivity contribution in [2.24, 2.45) is 0 Å². The summed E-state index contributed by atoms with van der Waals surface area (Å²) in [5.74, 6) is -0.467. The van der Waals surface area contributed by atoms with Crippen molar-refractivity contribution in [3.8, 4) is 0 Å². The Balaban J connectivity index is 2.90. The molecule has 0 spiro atoms. The van der Waals surface area contributed by atoms with Crippen molar-refractivity contribution in [1.82, 2.24) is 10.2 Å². The number of halogens is 1. The van der Waals surface area contributed by atoms with Gasteiger partial charge >= 0.3 is 0 Å². The second kappa shape index (κ2) is 3.55. The molecule has 1 N–H and O–H groups in total. The molecule has 0 bridgehead atoms. The number of carbonyl (C=O) groups is 2. The fourth-order valence-corrected chi connectivity index (χ4v) is 1.53. The third kappa shape index (κ3) is 1.71. The van der Waals surface area contributed by atoms with E-state index in [-0.39, 0.29) is 18.4 Å². The lowest BCUT2D eigenvalue weighted by molar-refractivity contribution is -0.152. The Morgan fingerprint density at radius 2 is 2.07 bits per heavy atom. The summed E-state index contributed by atoms with van der Waals surface area (Å²) in [6.45, 7) is 4.18. The van der Waals surface area contributed by atoms with Crippen LogP contribution in [-0.2, 0) is 9.59 Å². The van der Waals surface area contributed by atoms with Crippen LogP contribution in [0.3, 0.4) is 0 Å². The molecule has 0 aromatic carbocycles. The minimum atomic E-state index is -0.918. The molecule has 1 heterocycles. The quantitative estimate of drug-likeness (QED) is 0.689. The maximum Gasteiger partial charge on any atom is 0.248 e. The number of nitrogens with zero attached hydrogens (tertiary/aromatic N) is 1. The van der Waals surface area contributed by atoms with Crippen LogP contribution in [0.2, 0.25) is 0 Å². The fourth-order valence-electron chi connectivity index (χ4n) is 1.53. The summed E-state index contributed by atoms with van der Waals surface area (Å²) in [7, 11) is 0. The highest BCUT2D eigenvalue weighted by Gasteiger charge is 2.42. The highest BCUT2D eigenvalue weighted by molar-refractivity contribution is 5.99. The highest BCUT2D eigenvalue weighted by atomic mass is 19.1. The van der Waals surface area contributed by atoms with Gasteiger partial charge in [-0.15, -0.1) is 0 Å². The zero-order valence-electron chi connectivity index (χ0n) is 8.63. The first-order valence-electron chi connectivity index (χ1n) is 4.59. The number of hydrogen-bond donors (Lipinski definition) is 1. The van der Waals surface area contributed by atoms with Crippen LogP contribution in [-0.4, -0.2) is 41.5 Å². The van der Waals surface area contributed by atoms with Gasteiger partial charge in [-0.1, -0.05) is 0 Å². The molecule has 1 aliphatic rings. The Morgan fingerprint density at radius 3 is 2.57 bits per heavy atom. The summed E-state index contributed by atoms with van der Waals surface area (Å²) in [4.78, 5) is 24.4. The van der Waals surface area contributed by atoms with Crippen molar-refractivity contribution in [3.63, 3.8) is 0 Å². The molecule has 0 aromatic heterocycles. The summed E-state index contributed by atoms with van der Waals surface area (Å²) in [6.07, 6.45) is 0. The summed E-state index contributed by atoms with van der Waals surface area (Å²) in [6, 6.07) is -0.578. The summed E-state index contributed by atoms with van der Waals surface area (Å²) in [5.41, 5.74) is -0.918. The van der Waals surface area contributed by atoms with Gasteiger partial charge in [-0.25, -0.2) is 4.39 Å². The van der Waals surface area contributed by atoms with Crippen molar-refractivity contribution in [2.75, 3.05) is 13.2 Å². The van der Waals surface area contributed by atoms with Crippen LogP contribution in [0, 0.1) is 0 Å². The lowest BCUT2D eigenvalue weighted by atomic mass is 9.97. The van der Waals surface area contributed by atoms with Gasteiger partial charge < -0.3 is 10.2 Å². The van der Waals surface area contributed by atoms with E-state index in [2.05, 4.69) is 5.32 Å². The van der Waals surface area contributed by atoms with Crippen molar-refractivity contribution >= 4 is 11.8 Å². The Hall–Kier alpha value is -1.13. The van der Waals surface area contributed by atoms with Gasteiger partial charge in [0.25, 0.3) is 0 Å². The summed E-state index contributed by atoms with van der Waals surface area (Å²) >= 11 is 0. The van der Waals surface area contributed by atoms with E-state index in [1.807, 2.05) is 0 Å². The predicted octanol–water partition coefficient (Wildman–Crippen LogP) is 0.0814. The summed E-state index contributed by atoms with van der Waals surface area (Å²) in [5, 5.41) is 2.59. The lowest BCUT2D eigenvalue weighted by Gasteiger charge is -2.41. The van der Waals surface area contributed by atoms with Crippen molar-refractivity contribution in [2.45, 2.75) is 32.4 Å². The van der Waals surface area contributed by atoms with E-state index in [0.717, 1.165) is 0 Å². The molecule has 1 rings (SSSR count). The SMILES string of the molecule is CC1C(=O)NC(C)(C)C(=O)N1CCF. The molecule has 2 amide bonds. The molecule has 0 aliphatic carbocycles. The molecular weight excluding hydrogens is 187 g/mol. The second-order valence-electron chi connectivity index (χ2n) is 3.98. The van der Waals surface area contributed by atoms with E-state index in [0.29, 0.717) is 0 Å². The fraction of sp³-hybridized carbons (Fsp3) is 0.778. The van der Waals surface area contributed by atoms with Crippen LogP contribution in [0.5, 0.6) is 0 Å². The van der Waals surface area contributed by atoms with Crippen molar-refractivity contribution < 1.29 is 14.0 Å². The Kier molecular flexibility index (Phi) is 2.78. The number of carbonyl (C=O) groups excluding carboxylic acids is 2. The minimum Gasteiger partial charge on any atom is -0.340 e. The van der Waals surface area contributed by atoms with Crippen LogP contribution >= 0.6 is 0 Å². The predicted molar refractivity (Wildman–Crippen MR) is 49.4 cm³/mol. The van der Waals surface area contributed by atoms with Gasteiger partial charge in [-0.05, 0) is 20.8 Å². The number of nitrogens with one attached hydrogen (secondary N) is 1. The maximum atomic E-state index is 12.2. The van der Waals surface area contributed by atoms with Crippen LogP contribution in [0.25, 0.3) is 0 Å². The molecule has 0 radical (unpaired) electrons. The molecule has 0 saturated carbocycles.